The maximum Gasteiger partial charge on any atom is 0.303 e. The summed E-state index contributed by atoms with van der Waals surface area (Å²) in [6.45, 7) is 13.0. The smallest absolute Gasteiger partial charge is 0.303 e. The standard InChI is InChI=1S/C27H54O6/c1-6-19-30-24(3)20-32-26(5)22-33-25(4)21-31-23(2)17-15-13-11-9-7-8-10-12-14-16-18-27(28)29/h23-26H,6-22H2,1-5H3,(H,28,29). The van der Waals surface area contributed by atoms with Crippen molar-refractivity contribution in [3.05, 3.63) is 0 Å². The Morgan fingerprint density at radius 3 is 1.45 bits per heavy atom. The lowest BCUT2D eigenvalue weighted by Crippen LogP contribution is -2.27. The average molecular weight is 475 g/mol. The molecule has 0 radical (unpaired) electrons. The molecule has 0 bridgehead atoms. The molecule has 0 amide bonds. The highest BCUT2D eigenvalue weighted by Gasteiger charge is 2.11. The van der Waals surface area contributed by atoms with Gasteiger partial charge in [-0.05, 0) is 47.0 Å². The van der Waals surface area contributed by atoms with E-state index in [0.29, 0.717) is 26.2 Å². The fraction of sp³-hybridized carbons (Fsp3) is 0.963. The van der Waals surface area contributed by atoms with Gasteiger partial charge in [-0.2, -0.15) is 0 Å². The molecule has 4 atom stereocenters. The summed E-state index contributed by atoms with van der Waals surface area (Å²) >= 11 is 0. The van der Waals surface area contributed by atoms with E-state index >= 15 is 0 Å². The fourth-order valence-electron chi connectivity index (χ4n) is 3.57. The van der Waals surface area contributed by atoms with Crippen molar-refractivity contribution in [1.29, 1.82) is 0 Å². The Morgan fingerprint density at radius 1 is 0.606 bits per heavy atom. The molecule has 1 N–H and O–H groups in total. The second kappa shape index (κ2) is 23.1. The first-order valence-electron chi connectivity index (χ1n) is 13.5. The van der Waals surface area contributed by atoms with Gasteiger partial charge in [-0.15, -0.1) is 0 Å². The number of hydrogen-bond acceptors (Lipinski definition) is 5. The van der Waals surface area contributed by atoms with Crippen LogP contribution in [-0.2, 0) is 23.7 Å². The fourth-order valence-corrected chi connectivity index (χ4v) is 3.57. The lowest BCUT2D eigenvalue weighted by molar-refractivity contribution is -0.137. The van der Waals surface area contributed by atoms with Crippen molar-refractivity contribution in [3.63, 3.8) is 0 Å². The largest absolute Gasteiger partial charge is 0.481 e. The van der Waals surface area contributed by atoms with Gasteiger partial charge in [0.25, 0.3) is 0 Å². The Hall–Kier alpha value is -0.690. The van der Waals surface area contributed by atoms with Crippen molar-refractivity contribution in [2.24, 2.45) is 0 Å². The van der Waals surface area contributed by atoms with Crippen LogP contribution in [0.5, 0.6) is 0 Å². The lowest BCUT2D eigenvalue weighted by Gasteiger charge is -2.21. The Morgan fingerprint density at radius 2 is 1.00 bits per heavy atom. The first kappa shape index (κ1) is 32.3. The predicted octanol–water partition coefficient (Wildman–Crippen LogP) is 6.78. The van der Waals surface area contributed by atoms with Crippen LogP contribution >= 0.6 is 0 Å². The Balaban J connectivity index is 3.48. The SMILES string of the molecule is CCCOC(C)COC(C)COC(C)COC(C)CCCCCCCCCCCCC(=O)O. The van der Waals surface area contributed by atoms with Crippen molar-refractivity contribution >= 4 is 5.97 Å². The summed E-state index contributed by atoms with van der Waals surface area (Å²) in [6.07, 6.45) is 14.9. The van der Waals surface area contributed by atoms with Crippen molar-refractivity contribution in [2.75, 3.05) is 26.4 Å². The highest BCUT2D eigenvalue weighted by atomic mass is 16.6. The third-order valence-electron chi connectivity index (χ3n) is 5.70. The maximum absolute atomic E-state index is 10.5. The molecule has 6 nitrogen and oxygen atoms in total. The summed E-state index contributed by atoms with van der Waals surface area (Å²) in [6, 6.07) is 0. The minimum atomic E-state index is -0.674. The van der Waals surface area contributed by atoms with Crippen LogP contribution in [0.25, 0.3) is 0 Å². The van der Waals surface area contributed by atoms with E-state index in [9.17, 15) is 4.79 Å². The van der Waals surface area contributed by atoms with Gasteiger partial charge in [-0.1, -0.05) is 64.7 Å². The van der Waals surface area contributed by atoms with Gasteiger partial charge in [-0.3, -0.25) is 4.79 Å². The second-order valence-electron chi connectivity index (χ2n) is 9.58. The Kier molecular flexibility index (Phi) is 22.6. The summed E-state index contributed by atoms with van der Waals surface area (Å²) in [7, 11) is 0. The van der Waals surface area contributed by atoms with E-state index in [1.54, 1.807) is 0 Å². The van der Waals surface area contributed by atoms with Crippen molar-refractivity contribution in [1.82, 2.24) is 0 Å². The zero-order chi connectivity index (χ0) is 24.7. The van der Waals surface area contributed by atoms with Gasteiger partial charge in [0.05, 0.1) is 44.2 Å². The van der Waals surface area contributed by atoms with Crippen LogP contribution in [0, 0.1) is 0 Å². The van der Waals surface area contributed by atoms with Gasteiger partial charge in [0.15, 0.2) is 0 Å². The third-order valence-corrected chi connectivity index (χ3v) is 5.70. The van der Waals surface area contributed by atoms with Crippen LogP contribution in [-0.4, -0.2) is 61.9 Å². The zero-order valence-corrected chi connectivity index (χ0v) is 22.3. The molecule has 0 spiro atoms. The highest BCUT2D eigenvalue weighted by Crippen LogP contribution is 2.13. The first-order valence-corrected chi connectivity index (χ1v) is 13.5. The summed E-state index contributed by atoms with van der Waals surface area (Å²) in [5.41, 5.74) is 0. The third kappa shape index (κ3) is 24.2. The average Bonchev–Trinajstić information content (AvgIpc) is 2.79. The number of carboxylic acid groups (broad SMARTS) is 1. The summed E-state index contributed by atoms with van der Waals surface area (Å²) in [4.78, 5) is 10.5. The molecule has 0 saturated heterocycles. The van der Waals surface area contributed by atoms with Gasteiger partial charge in [0, 0.05) is 13.0 Å². The molecular weight excluding hydrogens is 420 g/mol. The summed E-state index contributed by atoms with van der Waals surface area (Å²) in [5, 5.41) is 8.61. The van der Waals surface area contributed by atoms with Crippen LogP contribution in [0.2, 0.25) is 0 Å². The lowest BCUT2D eigenvalue weighted by atomic mass is 10.0. The molecule has 0 aromatic heterocycles. The molecule has 198 valence electrons. The van der Waals surface area contributed by atoms with Crippen LogP contribution in [0.4, 0.5) is 0 Å². The van der Waals surface area contributed by atoms with Crippen LogP contribution in [0.1, 0.15) is 118 Å². The van der Waals surface area contributed by atoms with Gasteiger partial charge in [0.1, 0.15) is 0 Å². The van der Waals surface area contributed by atoms with Gasteiger partial charge in [0.2, 0.25) is 0 Å². The van der Waals surface area contributed by atoms with Gasteiger partial charge < -0.3 is 24.1 Å². The molecule has 0 aromatic carbocycles. The second-order valence-corrected chi connectivity index (χ2v) is 9.58. The molecule has 0 rings (SSSR count). The molecule has 0 heterocycles. The van der Waals surface area contributed by atoms with Gasteiger partial charge in [-0.25, -0.2) is 0 Å². The van der Waals surface area contributed by atoms with E-state index in [0.717, 1.165) is 32.3 Å². The van der Waals surface area contributed by atoms with E-state index in [1.807, 2.05) is 13.8 Å². The molecule has 4 unspecified atom stereocenters. The number of hydrogen-bond donors (Lipinski definition) is 1. The Labute approximate surface area is 204 Å². The molecule has 0 fully saturated rings. The van der Waals surface area contributed by atoms with Crippen LogP contribution < -0.4 is 0 Å². The van der Waals surface area contributed by atoms with E-state index in [-0.39, 0.29) is 24.4 Å². The van der Waals surface area contributed by atoms with Crippen LogP contribution in [0.15, 0.2) is 0 Å². The van der Waals surface area contributed by atoms with Crippen molar-refractivity contribution < 1.29 is 28.8 Å². The topological polar surface area (TPSA) is 74.2 Å². The number of carbonyl (C=O) groups is 1. The quantitative estimate of drug-likeness (QED) is 0.147. The normalized spacial score (nSPS) is 15.3. The number of rotatable bonds is 25. The monoisotopic (exact) mass is 474 g/mol. The maximum atomic E-state index is 10.5. The van der Waals surface area contributed by atoms with E-state index < -0.39 is 5.97 Å². The zero-order valence-electron chi connectivity index (χ0n) is 22.3. The number of ether oxygens (including phenoxy) is 4. The number of unbranched alkanes of at least 4 members (excludes halogenated alkanes) is 9. The van der Waals surface area contributed by atoms with Crippen molar-refractivity contribution in [3.8, 4) is 0 Å². The molecule has 0 aromatic rings. The summed E-state index contributed by atoms with van der Waals surface area (Å²) < 4.78 is 23.2. The highest BCUT2D eigenvalue weighted by molar-refractivity contribution is 5.66. The molecule has 33 heavy (non-hydrogen) atoms. The van der Waals surface area contributed by atoms with Crippen molar-refractivity contribution in [2.45, 2.75) is 143 Å². The van der Waals surface area contributed by atoms with E-state index in [2.05, 4.69) is 20.8 Å². The predicted molar refractivity (Wildman–Crippen MR) is 135 cm³/mol. The molecular formula is C27H54O6. The minimum absolute atomic E-state index is 0.0504. The van der Waals surface area contributed by atoms with E-state index in [4.69, 9.17) is 24.1 Å². The number of carboxylic acids is 1. The van der Waals surface area contributed by atoms with Crippen LogP contribution in [0.3, 0.4) is 0 Å². The molecule has 0 aliphatic heterocycles. The Bertz CT molecular complexity index is 431. The molecule has 0 saturated carbocycles. The molecule has 0 aliphatic rings. The first-order chi connectivity index (χ1) is 15.8. The number of aliphatic carboxylic acids is 1. The van der Waals surface area contributed by atoms with Gasteiger partial charge >= 0.3 is 5.97 Å². The summed E-state index contributed by atoms with van der Waals surface area (Å²) in [5.74, 6) is -0.674. The molecule has 6 heteroatoms. The minimum Gasteiger partial charge on any atom is -0.481 e. The van der Waals surface area contributed by atoms with E-state index in [1.165, 1.54) is 51.4 Å². The molecule has 0 aliphatic carbocycles.